The summed E-state index contributed by atoms with van der Waals surface area (Å²) < 4.78 is 0. The van der Waals surface area contributed by atoms with E-state index in [1.165, 1.54) is 5.01 Å². The fourth-order valence-corrected chi connectivity index (χ4v) is 2.34. The Morgan fingerprint density at radius 1 is 1.21 bits per heavy atom. The highest BCUT2D eigenvalue weighted by atomic mass is 16.2. The van der Waals surface area contributed by atoms with E-state index in [9.17, 15) is 9.59 Å². The molecule has 1 aliphatic heterocycles. The lowest BCUT2D eigenvalue weighted by molar-refractivity contribution is -0.118. The number of carbonyl (C=O) groups is 2. The minimum absolute atomic E-state index is 0.153. The van der Waals surface area contributed by atoms with Crippen LogP contribution in [0.4, 0.5) is 10.5 Å². The lowest BCUT2D eigenvalue weighted by Crippen LogP contribution is -2.55. The van der Waals surface area contributed by atoms with E-state index in [2.05, 4.69) is 11.0 Å². The molecule has 1 aliphatic rings. The van der Waals surface area contributed by atoms with E-state index in [0.717, 1.165) is 16.3 Å². The monoisotopic (exact) mass is 256 g/mol. The van der Waals surface area contributed by atoms with Gasteiger partial charge in [0.1, 0.15) is 0 Å². The van der Waals surface area contributed by atoms with Gasteiger partial charge in [-0.25, -0.2) is 9.80 Å². The Bertz CT molecular complexity index is 678. The SMILES string of the molecule is NC(=O)NNN1C(=O)Cc2cccc3cccc1c23. The number of hydrogen-bond acceptors (Lipinski definition) is 3. The molecule has 0 saturated carbocycles. The van der Waals surface area contributed by atoms with Gasteiger partial charge in [-0.3, -0.25) is 10.2 Å². The van der Waals surface area contributed by atoms with Crippen molar-refractivity contribution >= 4 is 28.4 Å². The molecule has 0 saturated heterocycles. The molecule has 0 aromatic heterocycles. The van der Waals surface area contributed by atoms with E-state index in [0.29, 0.717) is 5.69 Å². The number of amides is 3. The van der Waals surface area contributed by atoms with Crippen LogP contribution in [-0.4, -0.2) is 11.9 Å². The highest BCUT2D eigenvalue weighted by Crippen LogP contribution is 2.33. The summed E-state index contributed by atoms with van der Waals surface area (Å²) in [5.41, 5.74) is 11.4. The first kappa shape index (κ1) is 11.5. The summed E-state index contributed by atoms with van der Waals surface area (Å²) in [7, 11) is 0. The van der Waals surface area contributed by atoms with E-state index in [4.69, 9.17) is 5.73 Å². The van der Waals surface area contributed by atoms with Crippen LogP contribution in [-0.2, 0) is 11.2 Å². The van der Waals surface area contributed by atoms with Crippen molar-refractivity contribution in [2.24, 2.45) is 5.73 Å². The Morgan fingerprint density at radius 3 is 2.68 bits per heavy atom. The Morgan fingerprint density at radius 2 is 1.95 bits per heavy atom. The van der Waals surface area contributed by atoms with Crippen LogP contribution in [0.3, 0.4) is 0 Å². The Labute approximate surface area is 109 Å². The third-order valence-corrected chi connectivity index (χ3v) is 3.09. The molecule has 0 atom stereocenters. The third kappa shape index (κ3) is 1.88. The van der Waals surface area contributed by atoms with Crippen LogP contribution in [0.15, 0.2) is 36.4 Å². The third-order valence-electron chi connectivity index (χ3n) is 3.09. The number of nitrogens with zero attached hydrogens (tertiary/aromatic N) is 1. The number of urea groups is 1. The van der Waals surface area contributed by atoms with Gasteiger partial charge in [-0.1, -0.05) is 30.3 Å². The first-order valence-electron chi connectivity index (χ1n) is 5.81. The molecule has 0 fully saturated rings. The predicted octanol–water partition coefficient (Wildman–Crippen LogP) is 0.817. The number of anilines is 1. The maximum atomic E-state index is 12.1. The molecular formula is C13H12N4O2. The molecule has 1 heterocycles. The molecule has 0 aliphatic carbocycles. The fourth-order valence-electron chi connectivity index (χ4n) is 2.34. The topological polar surface area (TPSA) is 87.5 Å². The molecule has 0 radical (unpaired) electrons. The van der Waals surface area contributed by atoms with Gasteiger partial charge in [0.25, 0.3) is 0 Å². The number of nitrogens with one attached hydrogen (secondary N) is 2. The van der Waals surface area contributed by atoms with Gasteiger partial charge in [0.15, 0.2) is 0 Å². The second kappa shape index (κ2) is 4.25. The summed E-state index contributed by atoms with van der Waals surface area (Å²) in [5.74, 6) is -0.153. The van der Waals surface area contributed by atoms with Crippen molar-refractivity contribution in [1.29, 1.82) is 0 Å². The standard InChI is InChI=1S/C13H12N4O2/c14-13(19)15-16-17-10-6-2-4-8-3-1-5-9(12(8)10)7-11(17)18/h1-6,16H,7H2,(H3,14,15,19). The number of hydrazine groups is 2. The first-order chi connectivity index (χ1) is 9.16. The Balaban J connectivity index is 2.11. The van der Waals surface area contributed by atoms with Gasteiger partial charge in [-0.15, -0.1) is 5.53 Å². The maximum absolute atomic E-state index is 12.1. The van der Waals surface area contributed by atoms with Crippen molar-refractivity contribution in [2.75, 3.05) is 5.01 Å². The molecule has 3 rings (SSSR count). The number of carbonyl (C=O) groups excluding carboxylic acids is 2. The van der Waals surface area contributed by atoms with Crippen LogP contribution in [0.1, 0.15) is 5.56 Å². The molecule has 96 valence electrons. The van der Waals surface area contributed by atoms with E-state index in [-0.39, 0.29) is 12.3 Å². The maximum Gasteiger partial charge on any atom is 0.327 e. The molecule has 6 nitrogen and oxygen atoms in total. The van der Waals surface area contributed by atoms with Gasteiger partial charge >= 0.3 is 6.03 Å². The lowest BCUT2D eigenvalue weighted by Gasteiger charge is -2.29. The number of primary amides is 1. The van der Waals surface area contributed by atoms with Crippen LogP contribution in [0.2, 0.25) is 0 Å². The van der Waals surface area contributed by atoms with E-state index < -0.39 is 6.03 Å². The van der Waals surface area contributed by atoms with E-state index in [1.807, 2.05) is 36.4 Å². The molecule has 4 N–H and O–H groups in total. The zero-order chi connectivity index (χ0) is 13.4. The summed E-state index contributed by atoms with van der Waals surface area (Å²) >= 11 is 0. The molecule has 0 unspecified atom stereocenters. The average Bonchev–Trinajstić information content (AvgIpc) is 2.38. The zero-order valence-corrected chi connectivity index (χ0v) is 10.0. The minimum Gasteiger partial charge on any atom is -0.351 e. The normalized spacial score (nSPS) is 13.7. The number of rotatable bonds is 2. The van der Waals surface area contributed by atoms with Crippen molar-refractivity contribution in [2.45, 2.75) is 6.42 Å². The van der Waals surface area contributed by atoms with Gasteiger partial charge in [0, 0.05) is 5.39 Å². The van der Waals surface area contributed by atoms with Gasteiger partial charge in [-0.05, 0) is 17.0 Å². The van der Waals surface area contributed by atoms with Crippen LogP contribution < -0.4 is 21.7 Å². The quantitative estimate of drug-likeness (QED) is 0.695. The predicted molar refractivity (Wildman–Crippen MR) is 71.0 cm³/mol. The molecule has 0 spiro atoms. The molecule has 3 amide bonds. The Kier molecular flexibility index (Phi) is 2.57. The summed E-state index contributed by atoms with van der Waals surface area (Å²) in [5, 5.41) is 3.36. The summed E-state index contributed by atoms with van der Waals surface area (Å²) in [6.45, 7) is 0. The van der Waals surface area contributed by atoms with Crippen molar-refractivity contribution in [3.8, 4) is 0 Å². The lowest BCUT2D eigenvalue weighted by atomic mass is 9.97. The van der Waals surface area contributed by atoms with Gasteiger partial charge < -0.3 is 5.73 Å². The smallest absolute Gasteiger partial charge is 0.327 e. The number of hydrogen-bond donors (Lipinski definition) is 3. The van der Waals surface area contributed by atoms with Gasteiger partial charge in [0.05, 0.1) is 12.1 Å². The summed E-state index contributed by atoms with van der Waals surface area (Å²) in [6.07, 6.45) is 0.280. The number of benzene rings is 2. The van der Waals surface area contributed by atoms with Crippen molar-refractivity contribution < 1.29 is 9.59 Å². The van der Waals surface area contributed by atoms with E-state index >= 15 is 0 Å². The molecule has 2 aromatic carbocycles. The van der Waals surface area contributed by atoms with Crippen molar-refractivity contribution in [1.82, 2.24) is 11.0 Å². The molecule has 2 aromatic rings. The molecule has 6 heteroatoms. The largest absolute Gasteiger partial charge is 0.351 e. The summed E-state index contributed by atoms with van der Waals surface area (Å²) in [4.78, 5) is 22.8. The molecule has 0 bridgehead atoms. The molecule has 19 heavy (non-hydrogen) atoms. The average molecular weight is 256 g/mol. The Hall–Kier alpha value is -2.60. The highest BCUT2D eigenvalue weighted by Gasteiger charge is 2.25. The molecular weight excluding hydrogens is 244 g/mol. The second-order valence-corrected chi connectivity index (χ2v) is 4.30. The van der Waals surface area contributed by atoms with Crippen LogP contribution >= 0.6 is 0 Å². The van der Waals surface area contributed by atoms with E-state index in [1.54, 1.807) is 0 Å². The second-order valence-electron chi connectivity index (χ2n) is 4.30. The zero-order valence-electron chi connectivity index (χ0n) is 10.0. The van der Waals surface area contributed by atoms with Crippen molar-refractivity contribution in [3.63, 3.8) is 0 Å². The summed E-state index contributed by atoms with van der Waals surface area (Å²) in [6, 6.07) is 10.8. The fraction of sp³-hybridized carbons (Fsp3) is 0.0769. The minimum atomic E-state index is -0.751. The van der Waals surface area contributed by atoms with Crippen LogP contribution in [0, 0.1) is 0 Å². The van der Waals surface area contributed by atoms with Crippen LogP contribution in [0.5, 0.6) is 0 Å². The first-order valence-corrected chi connectivity index (χ1v) is 5.81. The van der Waals surface area contributed by atoms with Gasteiger partial charge in [0.2, 0.25) is 5.91 Å². The highest BCUT2D eigenvalue weighted by molar-refractivity contribution is 6.10. The number of nitrogens with two attached hydrogens (primary N) is 1. The van der Waals surface area contributed by atoms with Crippen molar-refractivity contribution in [3.05, 3.63) is 42.0 Å². The van der Waals surface area contributed by atoms with Gasteiger partial charge in [-0.2, -0.15) is 0 Å². The van der Waals surface area contributed by atoms with Crippen LogP contribution in [0.25, 0.3) is 10.8 Å².